The summed E-state index contributed by atoms with van der Waals surface area (Å²) in [5.41, 5.74) is 2.36. The van der Waals surface area contributed by atoms with E-state index in [4.69, 9.17) is 14.7 Å². The fraction of sp³-hybridized carbons (Fsp3) is 0.462. The number of halogens is 1. The molecule has 0 aromatic heterocycles. The first-order chi connectivity index (χ1) is 8.71. The summed E-state index contributed by atoms with van der Waals surface area (Å²) in [6.07, 6.45) is 1.39. The summed E-state index contributed by atoms with van der Waals surface area (Å²) < 4.78 is 12.7. The summed E-state index contributed by atoms with van der Waals surface area (Å²) >= 11 is 3.52. The highest BCUT2D eigenvalue weighted by molar-refractivity contribution is 9.07. The molecule has 1 unspecified atom stereocenters. The van der Waals surface area contributed by atoms with Gasteiger partial charge in [0.25, 0.3) is 0 Å². The smallest absolute Gasteiger partial charge is 0.161 e. The number of hydrogen-bond donors (Lipinski definition) is 0. The summed E-state index contributed by atoms with van der Waals surface area (Å²) in [5.74, 6) is 1.46. The van der Waals surface area contributed by atoms with Crippen LogP contribution in [0.5, 0.6) is 11.5 Å². The maximum atomic E-state index is 8.94. The fourth-order valence-electron chi connectivity index (χ4n) is 2.29. The molecule has 0 N–H and O–H groups in total. The molecule has 1 heterocycles. The molecular weight excluding hydrogens is 296 g/mol. The van der Waals surface area contributed by atoms with Crippen LogP contribution in [0.4, 0.5) is 0 Å². The lowest BCUT2D eigenvalue weighted by Gasteiger charge is -2.32. The summed E-state index contributed by atoms with van der Waals surface area (Å²) in [4.78, 5) is 0. The standard InChI is InChI=1S/C13H15BrN2O2/c1-17-12-7-9-4-6-16(14)11(3-5-15)10(9)8-13(12)18-2/h7-8,11H,3-4,6H2,1-2H3. The van der Waals surface area contributed by atoms with E-state index >= 15 is 0 Å². The number of fused-ring (bicyclic) bond motifs is 1. The Bertz CT molecular complexity index is 485. The van der Waals surface area contributed by atoms with E-state index in [9.17, 15) is 0 Å². The largest absolute Gasteiger partial charge is 0.493 e. The number of rotatable bonds is 3. The van der Waals surface area contributed by atoms with Crippen molar-refractivity contribution in [3.8, 4) is 17.6 Å². The molecule has 0 amide bonds. The minimum Gasteiger partial charge on any atom is -0.493 e. The Morgan fingerprint density at radius 2 is 2.06 bits per heavy atom. The average Bonchev–Trinajstić information content (AvgIpc) is 2.40. The normalized spacial score (nSPS) is 18.9. The quantitative estimate of drug-likeness (QED) is 0.805. The third kappa shape index (κ3) is 2.31. The van der Waals surface area contributed by atoms with E-state index in [-0.39, 0.29) is 6.04 Å². The lowest BCUT2D eigenvalue weighted by Crippen LogP contribution is -2.27. The van der Waals surface area contributed by atoms with E-state index in [1.54, 1.807) is 14.2 Å². The molecule has 0 saturated carbocycles. The van der Waals surface area contributed by atoms with E-state index in [0.29, 0.717) is 12.2 Å². The molecule has 0 bridgehead atoms. The van der Waals surface area contributed by atoms with Crippen molar-refractivity contribution in [3.63, 3.8) is 0 Å². The topological polar surface area (TPSA) is 45.5 Å². The number of ether oxygens (including phenoxy) is 2. The first-order valence-corrected chi connectivity index (χ1v) is 6.46. The molecule has 4 nitrogen and oxygen atoms in total. The molecule has 0 saturated heterocycles. The molecule has 96 valence electrons. The van der Waals surface area contributed by atoms with Crippen LogP contribution in [0.1, 0.15) is 23.6 Å². The van der Waals surface area contributed by atoms with Crippen molar-refractivity contribution >= 4 is 16.1 Å². The second-order valence-corrected chi connectivity index (χ2v) is 5.07. The van der Waals surface area contributed by atoms with Crippen LogP contribution in [-0.4, -0.2) is 24.7 Å². The zero-order valence-electron chi connectivity index (χ0n) is 10.4. The van der Waals surface area contributed by atoms with E-state index in [2.05, 4.69) is 22.2 Å². The molecule has 2 rings (SSSR count). The predicted octanol–water partition coefficient (Wildman–Crippen LogP) is 2.83. The van der Waals surface area contributed by atoms with E-state index in [1.807, 2.05) is 16.1 Å². The van der Waals surface area contributed by atoms with Gasteiger partial charge in [0.15, 0.2) is 11.5 Å². The monoisotopic (exact) mass is 310 g/mol. The SMILES string of the molecule is COc1cc2c(cc1OC)C(CC#N)N(Br)CC2. The van der Waals surface area contributed by atoms with Crippen LogP contribution in [0.3, 0.4) is 0 Å². The Labute approximate surface area is 115 Å². The van der Waals surface area contributed by atoms with Crippen LogP contribution in [0.15, 0.2) is 12.1 Å². The van der Waals surface area contributed by atoms with Gasteiger partial charge in [0, 0.05) is 22.7 Å². The van der Waals surface area contributed by atoms with Gasteiger partial charge in [-0.05, 0) is 29.7 Å². The van der Waals surface area contributed by atoms with Crippen LogP contribution in [0, 0.1) is 11.3 Å². The van der Waals surface area contributed by atoms with E-state index < -0.39 is 0 Å². The molecule has 1 aliphatic rings. The third-order valence-electron chi connectivity index (χ3n) is 3.22. The molecule has 1 aromatic rings. The van der Waals surface area contributed by atoms with Gasteiger partial charge in [-0.25, -0.2) is 3.93 Å². The molecule has 0 radical (unpaired) electrons. The number of nitrogens with zero attached hydrogens (tertiary/aromatic N) is 2. The van der Waals surface area contributed by atoms with Crippen molar-refractivity contribution in [1.82, 2.24) is 3.93 Å². The highest BCUT2D eigenvalue weighted by atomic mass is 79.9. The Kier molecular flexibility index (Phi) is 4.10. The Balaban J connectivity index is 2.48. The van der Waals surface area contributed by atoms with Crippen molar-refractivity contribution in [2.24, 2.45) is 0 Å². The van der Waals surface area contributed by atoms with Gasteiger partial charge < -0.3 is 9.47 Å². The fourth-order valence-corrected chi connectivity index (χ4v) is 2.84. The van der Waals surface area contributed by atoms with Gasteiger partial charge in [0.05, 0.1) is 32.8 Å². The van der Waals surface area contributed by atoms with E-state index in [0.717, 1.165) is 24.3 Å². The van der Waals surface area contributed by atoms with Crippen molar-refractivity contribution in [3.05, 3.63) is 23.3 Å². The predicted molar refractivity (Wildman–Crippen MR) is 71.9 cm³/mol. The zero-order valence-corrected chi connectivity index (χ0v) is 12.0. The highest BCUT2D eigenvalue weighted by Crippen LogP contribution is 2.40. The van der Waals surface area contributed by atoms with Crippen molar-refractivity contribution < 1.29 is 9.47 Å². The molecular formula is C13H15BrN2O2. The van der Waals surface area contributed by atoms with Gasteiger partial charge in [-0.1, -0.05) is 0 Å². The van der Waals surface area contributed by atoms with Crippen LogP contribution >= 0.6 is 16.1 Å². The maximum Gasteiger partial charge on any atom is 0.161 e. The van der Waals surface area contributed by atoms with Gasteiger partial charge in [-0.15, -0.1) is 0 Å². The molecule has 1 atom stereocenters. The third-order valence-corrected chi connectivity index (χ3v) is 4.07. The number of methoxy groups -OCH3 is 2. The second-order valence-electron chi connectivity index (χ2n) is 4.16. The molecule has 5 heteroatoms. The number of benzene rings is 1. The Morgan fingerprint density at radius 3 is 2.67 bits per heavy atom. The van der Waals surface area contributed by atoms with Gasteiger partial charge in [0.2, 0.25) is 0 Å². The molecule has 18 heavy (non-hydrogen) atoms. The van der Waals surface area contributed by atoms with Crippen LogP contribution in [-0.2, 0) is 6.42 Å². The molecule has 1 aliphatic heterocycles. The lowest BCUT2D eigenvalue weighted by atomic mass is 9.92. The summed E-state index contributed by atoms with van der Waals surface area (Å²) in [7, 11) is 3.26. The molecule has 0 aliphatic carbocycles. The molecule has 1 aromatic carbocycles. The van der Waals surface area contributed by atoms with Crippen LogP contribution in [0.2, 0.25) is 0 Å². The second kappa shape index (κ2) is 5.59. The van der Waals surface area contributed by atoms with Crippen molar-refractivity contribution in [2.75, 3.05) is 20.8 Å². The van der Waals surface area contributed by atoms with Gasteiger partial charge in [0.1, 0.15) is 0 Å². The number of nitriles is 1. The molecule has 0 fully saturated rings. The van der Waals surface area contributed by atoms with E-state index in [1.165, 1.54) is 5.56 Å². The van der Waals surface area contributed by atoms with Crippen LogP contribution < -0.4 is 9.47 Å². The Hall–Kier alpha value is -1.25. The number of hydrogen-bond acceptors (Lipinski definition) is 4. The van der Waals surface area contributed by atoms with Crippen LogP contribution in [0.25, 0.3) is 0 Å². The average molecular weight is 311 g/mol. The summed E-state index contributed by atoms with van der Waals surface area (Å²) in [6, 6.07) is 6.29. The molecule has 0 spiro atoms. The van der Waals surface area contributed by atoms with Crippen molar-refractivity contribution in [1.29, 1.82) is 5.26 Å². The first kappa shape index (κ1) is 13.2. The Morgan fingerprint density at radius 1 is 1.39 bits per heavy atom. The summed E-state index contributed by atoms with van der Waals surface area (Å²) in [6.45, 7) is 0.884. The maximum absolute atomic E-state index is 8.94. The van der Waals surface area contributed by atoms with Gasteiger partial charge in [-0.3, -0.25) is 0 Å². The van der Waals surface area contributed by atoms with Gasteiger partial charge in [-0.2, -0.15) is 5.26 Å². The highest BCUT2D eigenvalue weighted by Gasteiger charge is 2.27. The van der Waals surface area contributed by atoms with Crippen molar-refractivity contribution in [2.45, 2.75) is 18.9 Å². The zero-order chi connectivity index (χ0) is 13.1. The lowest BCUT2D eigenvalue weighted by molar-refractivity contribution is 0.337. The minimum absolute atomic E-state index is 0.0681. The minimum atomic E-state index is 0.0681. The summed E-state index contributed by atoms with van der Waals surface area (Å²) in [5, 5.41) is 8.94. The van der Waals surface area contributed by atoms with Gasteiger partial charge >= 0.3 is 0 Å². The first-order valence-electron chi connectivity index (χ1n) is 5.75.